The Balaban J connectivity index is 0.000000176. The van der Waals surface area contributed by atoms with Gasteiger partial charge in [-0.05, 0) is 33.4 Å². The molecule has 2 aliphatic heterocycles. The van der Waals surface area contributed by atoms with Gasteiger partial charge >= 0.3 is 0 Å². The van der Waals surface area contributed by atoms with Gasteiger partial charge in [0.25, 0.3) is 0 Å². The maximum absolute atomic E-state index is 4.55. The molecule has 0 fully saturated rings. The van der Waals surface area contributed by atoms with Crippen LogP contribution < -0.4 is 0 Å². The highest BCUT2D eigenvalue weighted by molar-refractivity contribution is 6.16. The quantitative estimate of drug-likeness (QED) is 0.288. The van der Waals surface area contributed by atoms with Crippen molar-refractivity contribution < 1.29 is 0 Å². The van der Waals surface area contributed by atoms with Gasteiger partial charge in [-0.3, -0.25) is 9.98 Å². The lowest BCUT2D eigenvalue weighted by Gasteiger charge is -2.09. The molecule has 140 valence electrons. The van der Waals surface area contributed by atoms with Crippen molar-refractivity contribution in [3.63, 3.8) is 0 Å². The number of benzene rings is 4. The fourth-order valence-electron chi connectivity index (χ4n) is 3.83. The summed E-state index contributed by atoms with van der Waals surface area (Å²) in [7, 11) is 0. The van der Waals surface area contributed by atoms with Crippen LogP contribution in [0, 0.1) is 0 Å². The Morgan fingerprint density at radius 2 is 1.11 bits per heavy atom. The molecular formula is C26H26N2. The smallest absolute Gasteiger partial charge is 0.0746 e. The fourth-order valence-corrected chi connectivity index (χ4v) is 3.83. The number of para-hydroxylation sites is 1. The van der Waals surface area contributed by atoms with Crippen LogP contribution in [0.4, 0.5) is 11.4 Å². The molecule has 2 heterocycles. The SMILES string of the molecule is C.C.C1=Nc2c(c3ccccc3c3ccccc23)C1.C1=Nc2ccccc2C1. The first-order chi connectivity index (χ1) is 12.9. The van der Waals surface area contributed by atoms with E-state index in [4.69, 9.17) is 0 Å². The molecule has 0 N–H and O–H groups in total. The molecule has 4 aromatic rings. The summed E-state index contributed by atoms with van der Waals surface area (Å²) in [5.41, 5.74) is 5.02. The van der Waals surface area contributed by atoms with E-state index in [0.717, 1.165) is 18.5 Å². The van der Waals surface area contributed by atoms with E-state index in [1.54, 1.807) is 0 Å². The normalized spacial score (nSPS) is 12.6. The van der Waals surface area contributed by atoms with Gasteiger partial charge in [-0.15, -0.1) is 0 Å². The van der Waals surface area contributed by atoms with Gasteiger partial charge in [0, 0.05) is 30.7 Å². The summed E-state index contributed by atoms with van der Waals surface area (Å²) in [6.07, 6.45) is 5.94. The Bertz CT molecular complexity index is 1190. The summed E-state index contributed by atoms with van der Waals surface area (Å²) in [6, 6.07) is 25.4. The van der Waals surface area contributed by atoms with Crippen molar-refractivity contribution in [1.29, 1.82) is 0 Å². The minimum absolute atomic E-state index is 0. The average Bonchev–Trinajstić information content (AvgIpc) is 3.38. The van der Waals surface area contributed by atoms with E-state index in [0.29, 0.717) is 0 Å². The van der Waals surface area contributed by atoms with Gasteiger partial charge in [-0.1, -0.05) is 81.6 Å². The summed E-state index contributed by atoms with van der Waals surface area (Å²) in [5, 5.41) is 5.27. The second kappa shape index (κ2) is 8.18. The summed E-state index contributed by atoms with van der Waals surface area (Å²) < 4.78 is 0. The molecule has 0 spiro atoms. The monoisotopic (exact) mass is 366 g/mol. The van der Waals surface area contributed by atoms with E-state index < -0.39 is 0 Å². The number of nitrogens with zero attached hydrogens (tertiary/aromatic N) is 2. The van der Waals surface area contributed by atoms with Crippen LogP contribution in [0.5, 0.6) is 0 Å². The number of fused-ring (bicyclic) bond motifs is 7. The van der Waals surface area contributed by atoms with Crippen LogP contribution in [0.3, 0.4) is 0 Å². The molecule has 4 aromatic carbocycles. The molecule has 0 unspecified atom stereocenters. The Labute approximate surface area is 167 Å². The summed E-state index contributed by atoms with van der Waals surface area (Å²) in [5.74, 6) is 0. The topological polar surface area (TPSA) is 24.7 Å². The van der Waals surface area contributed by atoms with E-state index in [-0.39, 0.29) is 14.9 Å². The molecule has 0 saturated heterocycles. The number of aliphatic imine (C=N–C) groups is 2. The van der Waals surface area contributed by atoms with E-state index in [9.17, 15) is 0 Å². The zero-order valence-corrected chi connectivity index (χ0v) is 14.4. The number of rotatable bonds is 0. The molecule has 0 amide bonds. The van der Waals surface area contributed by atoms with Gasteiger partial charge in [0.2, 0.25) is 0 Å². The van der Waals surface area contributed by atoms with Crippen molar-refractivity contribution >= 4 is 45.3 Å². The Morgan fingerprint density at radius 1 is 0.536 bits per heavy atom. The van der Waals surface area contributed by atoms with E-state index in [1.165, 1.54) is 38.4 Å². The van der Waals surface area contributed by atoms with Crippen molar-refractivity contribution in [3.05, 3.63) is 83.9 Å². The molecular weight excluding hydrogens is 340 g/mol. The zero-order valence-electron chi connectivity index (χ0n) is 14.4. The Hall–Kier alpha value is -3.26. The van der Waals surface area contributed by atoms with E-state index in [2.05, 4.69) is 64.6 Å². The Kier molecular flexibility index (Phi) is 5.70. The minimum atomic E-state index is 0. The van der Waals surface area contributed by atoms with E-state index >= 15 is 0 Å². The number of hydrogen-bond donors (Lipinski definition) is 0. The molecule has 28 heavy (non-hydrogen) atoms. The molecule has 2 nitrogen and oxygen atoms in total. The van der Waals surface area contributed by atoms with Crippen molar-refractivity contribution in [2.24, 2.45) is 9.98 Å². The molecule has 0 aromatic heterocycles. The van der Waals surface area contributed by atoms with Crippen molar-refractivity contribution in [2.75, 3.05) is 0 Å². The van der Waals surface area contributed by atoms with Crippen LogP contribution >= 0.6 is 0 Å². The lowest BCUT2D eigenvalue weighted by molar-refractivity contribution is 1.41. The molecule has 0 saturated carbocycles. The number of hydrogen-bond acceptors (Lipinski definition) is 2. The molecule has 0 bridgehead atoms. The van der Waals surface area contributed by atoms with Gasteiger partial charge in [-0.2, -0.15) is 0 Å². The van der Waals surface area contributed by atoms with Crippen LogP contribution in [-0.2, 0) is 12.8 Å². The van der Waals surface area contributed by atoms with Crippen LogP contribution in [0.1, 0.15) is 26.0 Å². The molecule has 2 aliphatic rings. The van der Waals surface area contributed by atoms with Crippen molar-refractivity contribution in [3.8, 4) is 0 Å². The van der Waals surface area contributed by atoms with Gasteiger partial charge < -0.3 is 0 Å². The summed E-state index contributed by atoms with van der Waals surface area (Å²) in [4.78, 5) is 8.73. The van der Waals surface area contributed by atoms with E-state index in [1.807, 2.05) is 30.6 Å². The van der Waals surface area contributed by atoms with Crippen molar-refractivity contribution in [1.82, 2.24) is 0 Å². The van der Waals surface area contributed by atoms with Crippen LogP contribution in [0.15, 0.2) is 82.8 Å². The summed E-state index contributed by atoms with van der Waals surface area (Å²) in [6.45, 7) is 0. The average molecular weight is 367 g/mol. The predicted molar refractivity (Wildman–Crippen MR) is 125 cm³/mol. The molecule has 0 atom stereocenters. The maximum atomic E-state index is 4.55. The third-order valence-electron chi connectivity index (χ3n) is 5.06. The molecule has 2 heteroatoms. The van der Waals surface area contributed by atoms with Crippen LogP contribution in [-0.4, -0.2) is 12.4 Å². The first kappa shape index (κ1) is 19.5. The van der Waals surface area contributed by atoms with Gasteiger partial charge in [0.05, 0.1) is 11.4 Å². The fraction of sp³-hybridized carbons (Fsp3) is 0.154. The van der Waals surface area contributed by atoms with Crippen molar-refractivity contribution in [2.45, 2.75) is 27.7 Å². The van der Waals surface area contributed by atoms with Gasteiger partial charge in [-0.25, -0.2) is 0 Å². The predicted octanol–water partition coefficient (Wildman–Crippen LogP) is 7.47. The third kappa shape index (κ3) is 3.22. The van der Waals surface area contributed by atoms with Crippen LogP contribution in [0.2, 0.25) is 0 Å². The highest BCUT2D eigenvalue weighted by atomic mass is 14.8. The van der Waals surface area contributed by atoms with Crippen LogP contribution in [0.25, 0.3) is 21.5 Å². The molecule has 0 aliphatic carbocycles. The maximum Gasteiger partial charge on any atom is 0.0746 e. The minimum Gasteiger partial charge on any atom is -0.261 e. The summed E-state index contributed by atoms with van der Waals surface area (Å²) >= 11 is 0. The lowest BCUT2D eigenvalue weighted by atomic mass is 9.95. The highest BCUT2D eigenvalue weighted by Gasteiger charge is 2.15. The zero-order chi connectivity index (χ0) is 17.3. The standard InChI is InChI=1S/C16H11N.C8H7N.2CH4/c1-2-7-13-11(5-1)12-6-3-4-8-14(12)16-15(13)9-10-17-16;1-2-4-8-7(3-1)5-6-9-8;;/h1-8,10H,9H2;1-4,6H,5H2;2*1H4. The van der Waals surface area contributed by atoms with Gasteiger partial charge in [0.1, 0.15) is 0 Å². The second-order valence-electron chi connectivity index (χ2n) is 6.58. The first-order valence-corrected chi connectivity index (χ1v) is 8.97. The Morgan fingerprint density at radius 3 is 1.86 bits per heavy atom. The largest absolute Gasteiger partial charge is 0.261 e. The van der Waals surface area contributed by atoms with Gasteiger partial charge in [0.15, 0.2) is 0 Å². The highest BCUT2D eigenvalue weighted by Crippen LogP contribution is 2.40. The molecule has 0 radical (unpaired) electrons. The second-order valence-corrected chi connectivity index (χ2v) is 6.58. The third-order valence-corrected chi connectivity index (χ3v) is 5.06. The first-order valence-electron chi connectivity index (χ1n) is 8.97. The molecule has 6 rings (SSSR count). The lowest BCUT2D eigenvalue weighted by Crippen LogP contribution is -1.85.